The summed E-state index contributed by atoms with van der Waals surface area (Å²) in [6, 6.07) is 4.67. The van der Waals surface area contributed by atoms with E-state index in [-0.39, 0.29) is 19.0 Å². The average Bonchev–Trinajstić information content (AvgIpc) is 3.31. The molecule has 0 saturated carbocycles. The molecule has 2 aromatic heterocycles. The Kier molecular flexibility index (Phi) is 6.10. The minimum Gasteiger partial charge on any atom is -0.493 e. The van der Waals surface area contributed by atoms with E-state index in [1.165, 1.54) is 19.4 Å². The summed E-state index contributed by atoms with van der Waals surface area (Å²) in [5.74, 6) is 1.07. The number of nitrogens with one attached hydrogen (secondary N) is 1. The molecule has 0 atom stereocenters. The first-order valence-electron chi connectivity index (χ1n) is 8.71. The topological polar surface area (TPSA) is 91.4 Å². The lowest BCUT2D eigenvalue weighted by molar-refractivity contribution is 0.0660. The number of carbonyl (C=O) groups is 1. The van der Waals surface area contributed by atoms with E-state index < -0.39 is 12.5 Å². The molecule has 3 rings (SSSR count). The first kappa shape index (κ1) is 20.3. The van der Waals surface area contributed by atoms with E-state index in [0.717, 1.165) is 17.5 Å². The number of amides is 1. The minimum absolute atomic E-state index is 0.0553. The lowest BCUT2D eigenvalue weighted by Crippen LogP contribution is -2.25. The highest BCUT2D eigenvalue weighted by Gasteiger charge is 2.16. The van der Waals surface area contributed by atoms with Gasteiger partial charge in [0.05, 0.1) is 24.9 Å². The van der Waals surface area contributed by atoms with Crippen molar-refractivity contribution >= 4 is 5.91 Å². The zero-order valence-corrected chi connectivity index (χ0v) is 16.1. The van der Waals surface area contributed by atoms with E-state index in [2.05, 4.69) is 15.5 Å². The number of carbonyl (C=O) groups excluding carboxylic acids is 1. The van der Waals surface area contributed by atoms with Gasteiger partial charge in [-0.15, -0.1) is 0 Å². The zero-order valence-electron chi connectivity index (χ0n) is 16.1. The van der Waals surface area contributed by atoms with Gasteiger partial charge in [-0.3, -0.25) is 9.36 Å². The maximum atomic E-state index is 12.8. The molecule has 8 nitrogen and oxygen atoms in total. The molecule has 10 heteroatoms. The van der Waals surface area contributed by atoms with Crippen LogP contribution < -0.4 is 14.8 Å². The van der Waals surface area contributed by atoms with Crippen molar-refractivity contribution in [2.45, 2.75) is 33.5 Å². The molecule has 2 heterocycles. The summed E-state index contributed by atoms with van der Waals surface area (Å²) in [5.41, 5.74) is 1.87. The van der Waals surface area contributed by atoms with Crippen LogP contribution in [0.15, 0.2) is 35.1 Å². The van der Waals surface area contributed by atoms with Gasteiger partial charge in [0, 0.05) is 18.0 Å². The number of halogens is 2. The largest absolute Gasteiger partial charge is 0.493 e. The molecule has 29 heavy (non-hydrogen) atoms. The molecule has 0 saturated heterocycles. The van der Waals surface area contributed by atoms with Crippen molar-refractivity contribution in [2.75, 3.05) is 7.11 Å². The van der Waals surface area contributed by atoms with Crippen LogP contribution in [0.1, 0.15) is 39.7 Å². The van der Waals surface area contributed by atoms with Crippen LogP contribution in [0, 0.1) is 13.8 Å². The van der Waals surface area contributed by atoms with E-state index >= 15 is 0 Å². The molecular formula is C19H20F2N4O4. The van der Waals surface area contributed by atoms with Crippen molar-refractivity contribution in [1.82, 2.24) is 20.0 Å². The van der Waals surface area contributed by atoms with Crippen LogP contribution in [-0.4, -0.2) is 27.7 Å². The predicted molar refractivity (Wildman–Crippen MR) is 98.0 cm³/mol. The van der Waals surface area contributed by atoms with Gasteiger partial charge in [-0.1, -0.05) is 5.16 Å². The first-order chi connectivity index (χ1) is 13.9. The SMILES string of the molecule is COc1cc(C(=O)NCc2nccn2C(F)F)ccc1OCc1c(C)noc1C. The zero-order chi connectivity index (χ0) is 21.0. The fourth-order valence-electron chi connectivity index (χ4n) is 2.71. The van der Waals surface area contributed by atoms with Crippen molar-refractivity contribution in [2.24, 2.45) is 0 Å². The van der Waals surface area contributed by atoms with Crippen LogP contribution in [0.3, 0.4) is 0 Å². The normalized spacial score (nSPS) is 11.0. The van der Waals surface area contributed by atoms with Crippen molar-refractivity contribution in [3.8, 4) is 11.5 Å². The number of hydrogen-bond acceptors (Lipinski definition) is 6. The summed E-state index contributed by atoms with van der Waals surface area (Å²) < 4.78 is 42.6. The Hall–Kier alpha value is -3.43. The highest BCUT2D eigenvalue weighted by molar-refractivity contribution is 5.94. The van der Waals surface area contributed by atoms with Gasteiger partial charge in [0.25, 0.3) is 5.91 Å². The Labute approximate surface area is 165 Å². The number of aromatic nitrogens is 3. The number of nitrogens with zero attached hydrogens (tertiary/aromatic N) is 3. The molecular weight excluding hydrogens is 386 g/mol. The molecule has 1 aromatic carbocycles. The summed E-state index contributed by atoms with van der Waals surface area (Å²) in [4.78, 5) is 16.2. The van der Waals surface area contributed by atoms with E-state index in [0.29, 0.717) is 27.4 Å². The lowest BCUT2D eigenvalue weighted by Gasteiger charge is -2.12. The Balaban J connectivity index is 1.67. The maximum Gasteiger partial charge on any atom is 0.319 e. The predicted octanol–water partition coefficient (Wildman–Crippen LogP) is 3.40. The molecule has 3 aromatic rings. The van der Waals surface area contributed by atoms with Gasteiger partial charge in [0.1, 0.15) is 18.2 Å². The molecule has 0 unspecified atom stereocenters. The number of alkyl halides is 2. The Bertz CT molecular complexity index is 981. The van der Waals surface area contributed by atoms with E-state index in [1.807, 2.05) is 6.92 Å². The maximum absolute atomic E-state index is 12.8. The van der Waals surface area contributed by atoms with Crippen LogP contribution in [-0.2, 0) is 13.2 Å². The molecule has 0 spiro atoms. The van der Waals surface area contributed by atoms with Crippen molar-refractivity contribution in [3.63, 3.8) is 0 Å². The van der Waals surface area contributed by atoms with Gasteiger partial charge in [0.2, 0.25) is 0 Å². The molecule has 1 N–H and O–H groups in total. The Morgan fingerprint density at radius 1 is 1.31 bits per heavy atom. The number of imidazole rings is 1. The fourth-order valence-corrected chi connectivity index (χ4v) is 2.71. The number of hydrogen-bond donors (Lipinski definition) is 1. The lowest BCUT2D eigenvalue weighted by atomic mass is 10.2. The number of benzene rings is 1. The quantitative estimate of drug-likeness (QED) is 0.617. The highest BCUT2D eigenvalue weighted by Crippen LogP contribution is 2.29. The van der Waals surface area contributed by atoms with Gasteiger partial charge in [0.15, 0.2) is 11.5 Å². The third-order valence-electron chi connectivity index (χ3n) is 4.35. The van der Waals surface area contributed by atoms with Crippen LogP contribution in [0.5, 0.6) is 11.5 Å². The standard InChI is InChI=1S/C19H20F2N4O4/c1-11-14(12(2)29-24-11)10-28-15-5-4-13(8-16(15)27-3)18(26)23-9-17-22-6-7-25(17)19(20)21/h4-8,19H,9-10H2,1-3H3,(H,23,26). The van der Waals surface area contributed by atoms with Crippen LogP contribution in [0.2, 0.25) is 0 Å². The third-order valence-corrected chi connectivity index (χ3v) is 4.35. The molecule has 0 aliphatic carbocycles. The smallest absolute Gasteiger partial charge is 0.319 e. The molecule has 0 radical (unpaired) electrons. The monoisotopic (exact) mass is 406 g/mol. The van der Waals surface area contributed by atoms with Crippen LogP contribution >= 0.6 is 0 Å². The number of methoxy groups -OCH3 is 1. The first-order valence-corrected chi connectivity index (χ1v) is 8.71. The van der Waals surface area contributed by atoms with Crippen LogP contribution in [0.4, 0.5) is 8.78 Å². The van der Waals surface area contributed by atoms with Crippen molar-refractivity contribution in [1.29, 1.82) is 0 Å². The molecule has 0 aliphatic heterocycles. The summed E-state index contributed by atoms with van der Waals surface area (Å²) in [6.07, 6.45) is 2.40. The second-order valence-corrected chi connectivity index (χ2v) is 6.17. The minimum atomic E-state index is -2.72. The van der Waals surface area contributed by atoms with Gasteiger partial charge in [-0.25, -0.2) is 4.98 Å². The van der Waals surface area contributed by atoms with Gasteiger partial charge >= 0.3 is 6.55 Å². The fraction of sp³-hybridized carbons (Fsp3) is 0.316. The third kappa shape index (κ3) is 4.53. The number of ether oxygens (including phenoxy) is 2. The van der Waals surface area contributed by atoms with Crippen LogP contribution in [0.25, 0.3) is 0 Å². The van der Waals surface area contributed by atoms with Gasteiger partial charge < -0.3 is 19.3 Å². The summed E-state index contributed by atoms with van der Waals surface area (Å²) in [7, 11) is 1.46. The molecule has 154 valence electrons. The molecule has 1 amide bonds. The van der Waals surface area contributed by atoms with Crippen molar-refractivity contribution in [3.05, 3.63) is 59.0 Å². The van der Waals surface area contributed by atoms with Gasteiger partial charge in [-0.2, -0.15) is 8.78 Å². The number of rotatable bonds is 8. The second kappa shape index (κ2) is 8.72. The summed E-state index contributed by atoms with van der Waals surface area (Å²) in [5, 5.41) is 6.44. The Morgan fingerprint density at radius 3 is 2.76 bits per heavy atom. The second-order valence-electron chi connectivity index (χ2n) is 6.17. The molecule has 0 aliphatic rings. The van der Waals surface area contributed by atoms with E-state index in [9.17, 15) is 13.6 Å². The Morgan fingerprint density at radius 2 is 2.10 bits per heavy atom. The summed E-state index contributed by atoms with van der Waals surface area (Å²) in [6.45, 7) is 0.989. The van der Waals surface area contributed by atoms with Crippen molar-refractivity contribution < 1.29 is 27.6 Å². The van der Waals surface area contributed by atoms with E-state index in [1.54, 1.807) is 19.1 Å². The summed E-state index contributed by atoms with van der Waals surface area (Å²) >= 11 is 0. The molecule has 0 fully saturated rings. The number of aryl methyl sites for hydroxylation is 2. The molecule has 0 bridgehead atoms. The average molecular weight is 406 g/mol. The highest BCUT2D eigenvalue weighted by atomic mass is 19.3. The van der Waals surface area contributed by atoms with E-state index in [4.69, 9.17) is 14.0 Å². The van der Waals surface area contributed by atoms with Gasteiger partial charge in [-0.05, 0) is 32.0 Å².